The van der Waals surface area contributed by atoms with Crippen LogP contribution in [0.2, 0.25) is 0 Å². The first kappa shape index (κ1) is 17.2. The molecule has 0 atom stereocenters. The number of amides is 1. The predicted molar refractivity (Wildman–Crippen MR) is 108 cm³/mol. The summed E-state index contributed by atoms with van der Waals surface area (Å²) in [6, 6.07) is 25.8. The lowest BCUT2D eigenvalue weighted by Crippen LogP contribution is -2.13. The number of carbonyl (C=O) groups excluding carboxylic acids is 1. The Bertz CT molecular complexity index is 886. The Hall–Kier alpha value is -3.27. The number of nitrogens with one attached hydrogen (secondary N) is 2. The van der Waals surface area contributed by atoms with E-state index in [2.05, 4.69) is 10.6 Å². The molecule has 4 rings (SSSR count). The maximum absolute atomic E-state index is 11.8. The van der Waals surface area contributed by atoms with Crippen LogP contribution >= 0.6 is 0 Å². The molecule has 1 fully saturated rings. The van der Waals surface area contributed by atoms with Gasteiger partial charge in [0.15, 0.2) is 0 Å². The molecule has 1 aliphatic rings. The third-order valence-electron chi connectivity index (χ3n) is 4.49. The highest BCUT2D eigenvalue weighted by atomic mass is 16.5. The normalized spacial score (nSPS) is 13.0. The number of ether oxygens (including phenoxy) is 1. The van der Waals surface area contributed by atoms with Crippen LogP contribution in [0, 0.1) is 5.92 Å². The van der Waals surface area contributed by atoms with Gasteiger partial charge in [0.2, 0.25) is 5.91 Å². The van der Waals surface area contributed by atoms with E-state index in [-0.39, 0.29) is 11.8 Å². The van der Waals surface area contributed by atoms with E-state index >= 15 is 0 Å². The summed E-state index contributed by atoms with van der Waals surface area (Å²) in [6.45, 7) is 0.557. The van der Waals surface area contributed by atoms with Crippen molar-refractivity contribution in [2.24, 2.45) is 5.92 Å². The Morgan fingerprint density at radius 1 is 0.815 bits per heavy atom. The molecule has 0 unspecified atom stereocenters. The van der Waals surface area contributed by atoms with Gasteiger partial charge in [0.05, 0.1) is 0 Å². The van der Waals surface area contributed by atoms with Crippen molar-refractivity contribution in [3.8, 4) is 5.75 Å². The summed E-state index contributed by atoms with van der Waals surface area (Å²) < 4.78 is 5.81. The maximum atomic E-state index is 11.8. The van der Waals surface area contributed by atoms with Crippen LogP contribution in [-0.4, -0.2) is 5.91 Å². The summed E-state index contributed by atoms with van der Waals surface area (Å²) in [4.78, 5) is 11.8. The van der Waals surface area contributed by atoms with Crippen LogP contribution in [0.5, 0.6) is 5.75 Å². The summed E-state index contributed by atoms with van der Waals surface area (Å²) in [5.74, 6) is 1.18. The molecular weight excluding hydrogens is 336 g/mol. The fraction of sp³-hybridized carbons (Fsp3) is 0.174. The lowest BCUT2D eigenvalue weighted by atomic mass is 10.2. The van der Waals surface area contributed by atoms with E-state index in [0.29, 0.717) is 6.61 Å². The summed E-state index contributed by atoms with van der Waals surface area (Å²) in [6.07, 6.45) is 2.02. The van der Waals surface area contributed by atoms with Crippen LogP contribution in [0.1, 0.15) is 18.4 Å². The first-order valence-electron chi connectivity index (χ1n) is 9.21. The average Bonchev–Trinajstić information content (AvgIpc) is 3.55. The van der Waals surface area contributed by atoms with Gasteiger partial charge in [-0.25, -0.2) is 0 Å². The number of rotatable bonds is 7. The van der Waals surface area contributed by atoms with E-state index in [1.165, 1.54) is 0 Å². The highest BCUT2D eigenvalue weighted by Crippen LogP contribution is 2.30. The van der Waals surface area contributed by atoms with Crippen LogP contribution < -0.4 is 15.4 Å². The zero-order valence-corrected chi connectivity index (χ0v) is 15.0. The van der Waals surface area contributed by atoms with E-state index < -0.39 is 0 Å². The van der Waals surface area contributed by atoms with Crippen LogP contribution in [-0.2, 0) is 11.4 Å². The molecule has 0 saturated heterocycles. The fourth-order valence-corrected chi connectivity index (χ4v) is 2.77. The maximum Gasteiger partial charge on any atom is 0.227 e. The van der Waals surface area contributed by atoms with Crippen molar-refractivity contribution < 1.29 is 9.53 Å². The van der Waals surface area contributed by atoms with Gasteiger partial charge in [-0.15, -0.1) is 0 Å². The van der Waals surface area contributed by atoms with Gasteiger partial charge >= 0.3 is 0 Å². The minimum atomic E-state index is 0.127. The van der Waals surface area contributed by atoms with Gasteiger partial charge in [-0.05, 0) is 66.9 Å². The molecule has 3 aromatic rings. The van der Waals surface area contributed by atoms with E-state index in [9.17, 15) is 4.79 Å². The molecule has 0 aromatic heterocycles. The van der Waals surface area contributed by atoms with E-state index in [1.54, 1.807) is 0 Å². The monoisotopic (exact) mass is 358 g/mol. The Morgan fingerprint density at radius 2 is 1.41 bits per heavy atom. The van der Waals surface area contributed by atoms with Gasteiger partial charge in [0.1, 0.15) is 12.4 Å². The molecule has 0 aliphatic heterocycles. The van der Waals surface area contributed by atoms with E-state index in [1.807, 2.05) is 78.9 Å². The Labute approximate surface area is 159 Å². The second kappa shape index (κ2) is 7.96. The second-order valence-electron chi connectivity index (χ2n) is 6.76. The zero-order chi connectivity index (χ0) is 18.5. The number of anilines is 3. The number of benzene rings is 3. The third-order valence-corrected chi connectivity index (χ3v) is 4.49. The standard InChI is InChI=1S/C23H22N2O2/c26-23(18-6-7-18)25-21-10-8-19(9-11-21)24-20-12-14-22(15-13-20)27-16-17-4-2-1-3-5-17/h1-5,8-15,18,24H,6-7,16H2,(H,25,26). The molecule has 0 heterocycles. The fourth-order valence-electron chi connectivity index (χ4n) is 2.77. The third kappa shape index (κ3) is 4.88. The zero-order valence-electron chi connectivity index (χ0n) is 15.0. The number of hydrogen-bond acceptors (Lipinski definition) is 3. The van der Waals surface area contributed by atoms with Crippen LogP contribution in [0.3, 0.4) is 0 Å². The van der Waals surface area contributed by atoms with Gasteiger partial charge < -0.3 is 15.4 Å². The first-order valence-corrected chi connectivity index (χ1v) is 9.21. The highest BCUT2D eigenvalue weighted by Gasteiger charge is 2.29. The van der Waals surface area contributed by atoms with Crippen molar-refractivity contribution in [3.63, 3.8) is 0 Å². The minimum Gasteiger partial charge on any atom is -0.489 e. The molecule has 0 spiro atoms. The lowest BCUT2D eigenvalue weighted by molar-refractivity contribution is -0.117. The summed E-state index contributed by atoms with van der Waals surface area (Å²) in [5, 5.41) is 6.30. The molecule has 2 N–H and O–H groups in total. The lowest BCUT2D eigenvalue weighted by Gasteiger charge is -2.10. The minimum absolute atomic E-state index is 0.127. The van der Waals surface area contributed by atoms with Gasteiger partial charge in [-0.1, -0.05) is 30.3 Å². The first-order chi connectivity index (χ1) is 13.3. The Balaban J connectivity index is 1.30. The summed E-state index contributed by atoms with van der Waals surface area (Å²) >= 11 is 0. The molecule has 27 heavy (non-hydrogen) atoms. The summed E-state index contributed by atoms with van der Waals surface area (Å²) in [7, 11) is 0. The molecule has 0 bridgehead atoms. The van der Waals surface area contributed by atoms with Gasteiger partial charge in [0, 0.05) is 23.0 Å². The van der Waals surface area contributed by atoms with Gasteiger partial charge in [-0.3, -0.25) is 4.79 Å². The quantitative estimate of drug-likeness (QED) is 0.598. The highest BCUT2D eigenvalue weighted by molar-refractivity contribution is 5.94. The largest absolute Gasteiger partial charge is 0.489 e. The number of hydrogen-bond donors (Lipinski definition) is 2. The molecule has 1 saturated carbocycles. The smallest absolute Gasteiger partial charge is 0.227 e. The molecule has 4 heteroatoms. The van der Waals surface area contributed by atoms with Crippen molar-refractivity contribution in [1.82, 2.24) is 0 Å². The van der Waals surface area contributed by atoms with Crippen molar-refractivity contribution in [2.75, 3.05) is 10.6 Å². The second-order valence-corrected chi connectivity index (χ2v) is 6.76. The molecule has 1 aliphatic carbocycles. The van der Waals surface area contributed by atoms with Crippen LogP contribution in [0.4, 0.5) is 17.1 Å². The molecule has 136 valence electrons. The number of carbonyl (C=O) groups is 1. The van der Waals surface area contributed by atoms with Crippen molar-refractivity contribution in [1.29, 1.82) is 0 Å². The predicted octanol–water partition coefficient (Wildman–Crippen LogP) is 5.36. The molecule has 0 radical (unpaired) electrons. The van der Waals surface area contributed by atoms with E-state index in [4.69, 9.17) is 4.74 Å². The molecule has 1 amide bonds. The topological polar surface area (TPSA) is 50.4 Å². The van der Waals surface area contributed by atoms with Crippen molar-refractivity contribution in [2.45, 2.75) is 19.4 Å². The molecule has 3 aromatic carbocycles. The van der Waals surface area contributed by atoms with Crippen molar-refractivity contribution >= 4 is 23.0 Å². The van der Waals surface area contributed by atoms with Crippen LogP contribution in [0.15, 0.2) is 78.9 Å². The van der Waals surface area contributed by atoms with Gasteiger partial charge in [0.25, 0.3) is 0 Å². The SMILES string of the molecule is O=C(Nc1ccc(Nc2ccc(OCc3ccccc3)cc2)cc1)C1CC1. The molecule has 4 nitrogen and oxygen atoms in total. The van der Waals surface area contributed by atoms with E-state index in [0.717, 1.165) is 41.2 Å². The Morgan fingerprint density at radius 3 is 2.04 bits per heavy atom. The average molecular weight is 358 g/mol. The van der Waals surface area contributed by atoms with Gasteiger partial charge in [-0.2, -0.15) is 0 Å². The summed E-state index contributed by atoms with van der Waals surface area (Å²) in [5.41, 5.74) is 3.94. The molecular formula is C23H22N2O2. The van der Waals surface area contributed by atoms with Crippen molar-refractivity contribution in [3.05, 3.63) is 84.4 Å². The van der Waals surface area contributed by atoms with Crippen LogP contribution in [0.25, 0.3) is 0 Å². The Kier molecular flexibility index (Phi) is 5.06.